The number of ether oxygens (including phenoxy) is 1. The third kappa shape index (κ3) is 2.48. The van der Waals surface area contributed by atoms with Gasteiger partial charge in [-0.25, -0.2) is 9.78 Å². The number of imidazole rings is 1. The molecule has 1 atom stereocenters. The van der Waals surface area contributed by atoms with Crippen molar-refractivity contribution < 1.29 is 9.53 Å². The molecule has 6 nitrogen and oxygen atoms in total. The predicted molar refractivity (Wildman–Crippen MR) is 68.2 cm³/mol. The zero-order chi connectivity index (χ0) is 13.1. The number of hydrogen-bond donors (Lipinski definition) is 1. The number of esters is 1. The van der Waals surface area contributed by atoms with Gasteiger partial charge in [-0.2, -0.15) is 0 Å². The summed E-state index contributed by atoms with van der Waals surface area (Å²) >= 11 is 0. The lowest BCUT2D eigenvalue weighted by molar-refractivity contribution is 0.0596. The standard InChI is InChI=1S/C12H20N4O2/c1-9(15-5-3-4-6-15)7-16-8-14-10(11(16)13)12(17)18-2/h8-9H,3-7,13H2,1-2H3. The molecule has 1 aromatic heterocycles. The highest BCUT2D eigenvalue weighted by atomic mass is 16.5. The lowest BCUT2D eigenvalue weighted by atomic mass is 10.3. The van der Waals surface area contributed by atoms with E-state index in [-0.39, 0.29) is 5.69 Å². The quantitative estimate of drug-likeness (QED) is 0.800. The maximum absolute atomic E-state index is 11.4. The number of hydrogen-bond acceptors (Lipinski definition) is 5. The van der Waals surface area contributed by atoms with E-state index < -0.39 is 5.97 Å². The molecule has 0 amide bonds. The van der Waals surface area contributed by atoms with E-state index in [4.69, 9.17) is 5.73 Å². The number of nitrogen functional groups attached to an aromatic ring is 1. The molecule has 1 fully saturated rings. The second-order valence-electron chi connectivity index (χ2n) is 4.71. The van der Waals surface area contributed by atoms with Crippen molar-refractivity contribution in [1.29, 1.82) is 0 Å². The summed E-state index contributed by atoms with van der Waals surface area (Å²) in [6.07, 6.45) is 4.13. The van der Waals surface area contributed by atoms with Gasteiger partial charge < -0.3 is 15.0 Å². The van der Waals surface area contributed by atoms with E-state index in [0.717, 1.165) is 19.6 Å². The Morgan fingerprint density at radius 3 is 2.83 bits per heavy atom. The van der Waals surface area contributed by atoms with Crippen LogP contribution < -0.4 is 5.73 Å². The van der Waals surface area contributed by atoms with Crippen molar-refractivity contribution in [2.45, 2.75) is 32.4 Å². The fourth-order valence-corrected chi connectivity index (χ4v) is 2.37. The molecule has 100 valence electrons. The van der Waals surface area contributed by atoms with Crippen LogP contribution in [0.5, 0.6) is 0 Å². The van der Waals surface area contributed by atoms with Crippen molar-refractivity contribution in [1.82, 2.24) is 14.5 Å². The number of carbonyl (C=O) groups excluding carboxylic acids is 1. The maximum Gasteiger partial charge on any atom is 0.360 e. The maximum atomic E-state index is 11.4. The van der Waals surface area contributed by atoms with E-state index in [1.807, 2.05) is 4.57 Å². The first-order valence-corrected chi connectivity index (χ1v) is 6.26. The third-order valence-corrected chi connectivity index (χ3v) is 3.48. The normalized spacial score (nSPS) is 17.9. The number of nitrogens with zero attached hydrogens (tertiary/aromatic N) is 3. The third-order valence-electron chi connectivity index (χ3n) is 3.48. The molecule has 0 bridgehead atoms. The van der Waals surface area contributed by atoms with Crippen LogP contribution >= 0.6 is 0 Å². The van der Waals surface area contributed by atoms with Gasteiger partial charge in [-0.05, 0) is 32.9 Å². The average Bonchev–Trinajstić information content (AvgIpc) is 3.00. The largest absolute Gasteiger partial charge is 0.464 e. The number of carbonyl (C=O) groups is 1. The van der Waals surface area contributed by atoms with Gasteiger partial charge in [0.25, 0.3) is 0 Å². The predicted octanol–water partition coefficient (Wildman–Crippen LogP) is 0.736. The smallest absolute Gasteiger partial charge is 0.360 e. The summed E-state index contributed by atoms with van der Waals surface area (Å²) in [5.41, 5.74) is 6.11. The number of methoxy groups -OCH3 is 1. The Kier molecular flexibility index (Phi) is 3.86. The topological polar surface area (TPSA) is 73.4 Å². The first-order chi connectivity index (χ1) is 8.63. The Morgan fingerprint density at radius 2 is 2.22 bits per heavy atom. The van der Waals surface area contributed by atoms with Gasteiger partial charge in [0.1, 0.15) is 5.82 Å². The van der Waals surface area contributed by atoms with Gasteiger partial charge in [0.05, 0.1) is 13.4 Å². The van der Waals surface area contributed by atoms with Crippen LogP contribution in [-0.2, 0) is 11.3 Å². The Morgan fingerprint density at radius 1 is 1.56 bits per heavy atom. The van der Waals surface area contributed by atoms with Crippen LogP contribution in [0.25, 0.3) is 0 Å². The van der Waals surface area contributed by atoms with Crippen LogP contribution in [0.3, 0.4) is 0 Å². The molecule has 2 rings (SSSR count). The summed E-state index contributed by atoms with van der Waals surface area (Å²) in [6, 6.07) is 0.398. The van der Waals surface area contributed by atoms with Crippen LogP contribution in [0.2, 0.25) is 0 Å². The van der Waals surface area contributed by atoms with Crippen LogP contribution in [0.15, 0.2) is 6.33 Å². The molecule has 1 aliphatic heterocycles. The fourth-order valence-electron chi connectivity index (χ4n) is 2.37. The van der Waals surface area contributed by atoms with Crippen LogP contribution in [0.1, 0.15) is 30.3 Å². The van der Waals surface area contributed by atoms with E-state index in [1.54, 1.807) is 6.33 Å². The van der Waals surface area contributed by atoms with Gasteiger partial charge in [-0.15, -0.1) is 0 Å². The SMILES string of the molecule is COC(=O)c1ncn(CC(C)N2CCCC2)c1N. The molecular formula is C12H20N4O2. The van der Waals surface area contributed by atoms with E-state index in [2.05, 4.69) is 21.5 Å². The molecule has 6 heteroatoms. The van der Waals surface area contributed by atoms with Crippen LogP contribution in [0.4, 0.5) is 5.82 Å². The molecule has 0 radical (unpaired) electrons. The molecule has 1 aliphatic rings. The van der Waals surface area contributed by atoms with Crippen LogP contribution in [-0.4, -0.2) is 46.7 Å². The minimum absolute atomic E-state index is 0.200. The van der Waals surface area contributed by atoms with E-state index in [9.17, 15) is 4.79 Å². The molecule has 2 heterocycles. The van der Waals surface area contributed by atoms with Gasteiger partial charge in [-0.3, -0.25) is 4.90 Å². The summed E-state index contributed by atoms with van der Waals surface area (Å²) in [5.74, 6) is -0.104. The number of anilines is 1. The Bertz CT molecular complexity index is 424. The van der Waals surface area contributed by atoms with Gasteiger partial charge in [0.15, 0.2) is 5.69 Å². The molecule has 1 unspecified atom stereocenters. The molecular weight excluding hydrogens is 232 g/mol. The van der Waals surface area contributed by atoms with E-state index in [0.29, 0.717) is 11.9 Å². The molecule has 2 N–H and O–H groups in total. The summed E-state index contributed by atoms with van der Waals surface area (Å²) in [5, 5.41) is 0. The Hall–Kier alpha value is -1.56. The second kappa shape index (κ2) is 5.39. The molecule has 0 spiro atoms. The number of likely N-dealkylation sites (tertiary alicyclic amines) is 1. The lowest BCUT2D eigenvalue weighted by Crippen LogP contribution is -2.33. The first-order valence-electron chi connectivity index (χ1n) is 6.26. The first kappa shape index (κ1) is 12.9. The van der Waals surface area contributed by atoms with Crippen molar-refractivity contribution in [2.75, 3.05) is 25.9 Å². The van der Waals surface area contributed by atoms with E-state index >= 15 is 0 Å². The van der Waals surface area contributed by atoms with Crippen LogP contribution in [0, 0.1) is 0 Å². The lowest BCUT2D eigenvalue weighted by Gasteiger charge is -2.24. The van der Waals surface area contributed by atoms with Crippen molar-refractivity contribution in [3.8, 4) is 0 Å². The van der Waals surface area contributed by atoms with Crippen molar-refractivity contribution in [3.05, 3.63) is 12.0 Å². The minimum atomic E-state index is -0.486. The molecule has 18 heavy (non-hydrogen) atoms. The zero-order valence-electron chi connectivity index (χ0n) is 10.9. The van der Waals surface area contributed by atoms with E-state index in [1.165, 1.54) is 20.0 Å². The highest BCUT2D eigenvalue weighted by molar-refractivity contribution is 5.92. The Labute approximate surface area is 107 Å². The van der Waals surface area contributed by atoms with Crippen molar-refractivity contribution in [2.24, 2.45) is 0 Å². The second-order valence-corrected chi connectivity index (χ2v) is 4.71. The highest BCUT2D eigenvalue weighted by Gasteiger charge is 2.21. The number of aromatic nitrogens is 2. The minimum Gasteiger partial charge on any atom is -0.464 e. The van der Waals surface area contributed by atoms with Gasteiger partial charge in [0, 0.05) is 12.6 Å². The van der Waals surface area contributed by atoms with Gasteiger partial charge in [0.2, 0.25) is 0 Å². The zero-order valence-corrected chi connectivity index (χ0v) is 10.9. The fraction of sp³-hybridized carbons (Fsp3) is 0.667. The molecule has 1 aromatic rings. The average molecular weight is 252 g/mol. The summed E-state index contributed by atoms with van der Waals surface area (Å²) in [7, 11) is 1.33. The molecule has 0 aliphatic carbocycles. The Balaban J connectivity index is 2.05. The summed E-state index contributed by atoms with van der Waals surface area (Å²) in [6.45, 7) is 5.19. The highest BCUT2D eigenvalue weighted by Crippen LogP contribution is 2.16. The van der Waals surface area contributed by atoms with Crippen molar-refractivity contribution in [3.63, 3.8) is 0 Å². The molecule has 0 aromatic carbocycles. The molecule has 1 saturated heterocycles. The van der Waals surface area contributed by atoms with Gasteiger partial charge in [-0.1, -0.05) is 0 Å². The van der Waals surface area contributed by atoms with Crippen molar-refractivity contribution >= 4 is 11.8 Å². The summed E-state index contributed by atoms with van der Waals surface area (Å²) < 4.78 is 6.44. The monoisotopic (exact) mass is 252 g/mol. The number of rotatable bonds is 4. The summed E-state index contributed by atoms with van der Waals surface area (Å²) in [4.78, 5) is 17.8. The van der Waals surface area contributed by atoms with Gasteiger partial charge >= 0.3 is 5.97 Å². The number of nitrogens with two attached hydrogens (primary N) is 1. The molecule has 0 saturated carbocycles.